The lowest BCUT2D eigenvalue weighted by atomic mass is 10.1. The Morgan fingerprint density at radius 3 is 2.56 bits per heavy atom. The van der Waals surface area contributed by atoms with Crippen LogP contribution in [0.2, 0.25) is 0 Å². The van der Waals surface area contributed by atoms with Crippen LogP contribution < -0.4 is 4.74 Å². The molecule has 25 heavy (non-hydrogen) atoms. The Bertz CT molecular complexity index is 877. The molecular formula is C18H18N4O2S. The van der Waals surface area contributed by atoms with Gasteiger partial charge in [0.05, 0.1) is 18.0 Å². The molecule has 0 radical (unpaired) electrons. The average molecular weight is 354 g/mol. The zero-order valence-electron chi connectivity index (χ0n) is 14.2. The van der Waals surface area contributed by atoms with Gasteiger partial charge in [0.2, 0.25) is 5.16 Å². The zero-order chi connectivity index (χ0) is 17.8. The fourth-order valence-corrected chi connectivity index (χ4v) is 3.28. The lowest BCUT2D eigenvalue weighted by Gasteiger charge is -2.11. The van der Waals surface area contributed by atoms with Crippen LogP contribution in [0, 0.1) is 6.92 Å². The average Bonchev–Trinajstić information content (AvgIpc) is 3.09. The fourth-order valence-electron chi connectivity index (χ4n) is 2.41. The number of tetrazole rings is 1. The number of aromatic nitrogens is 4. The number of carbonyl (C=O) groups is 1. The second-order valence-corrected chi connectivity index (χ2v) is 6.82. The molecule has 0 saturated carbocycles. The van der Waals surface area contributed by atoms with Gasteiger partial charge in [-0.25, -0.2) is 0 Å². The molecule has 0 aliphatic heterocycles. The van der Waals surface area contributed by atoms with Crippen LogP contribution in [0.5, 0.6) is 5.75 Å². The van der Waals surface area contributed by atoms with Gasteiger partial charge >= 0.3 is 0 Å². The number of benzene rings is 2. The van der Waals surface area contributed by atoms with Crippen molar-refractivity contribution in [2.24, 2.45) is 0 Å². The molecule has 1 aromatic heterocycles. The Hall–Kier alpha value is -2.67. The molecule has 0 bridgehead atoms. The number of Topliss-reactive ketones (excluding diaryl/α,β-unsaturated/α-hetero) is 1. The highest BCUT2D eigenvalue weighted by atomic mass is 32.2. The summed E-state index contributed by atoms with van der Waals surface area (Å²) in [5.74, 6) is 0.743. The van der Waals surface area contributed by atoms with E-state index in [2.05, 4.69) is 15.5 Å². The molecule has 1 heterocycles. The van der Waals surface area contributed by atoms with E-state index < -0.39 is 0 Å². The monoisotopic (exact) mass is 354 g/mol. The SMILES string of the molecule is COc1ccc(C(=O)[C@@H](C)Sc2nnnn2-c2ccccc2C)cc1. The van der Waals surface area contributed by atoms with Crippen molar-refractivity contribution in [1.82, 2.24) is 20.2 Å². The molecule has 2 aromatic carbocycles. The van der Waals surface area contributed by atoms with Crippen molar-refractivity contribution in [3.05, 3.63) is 59.7 Å². The van der Waals surface area contributed by atoms with Gasteiger partial charge in [0.15, 0.2) is 5.78 Å². The van der Waals surface area contributed by atoms with E-state index >= 15 is 0 Å². The molecule has 3 rings (SSSR count). The summed E-state index contributed by atoms with van der Waals surface area (Å²) in [6.45, 7) is 3.85. The number of carbonyl (C=O) groups excluding carboxylic acids is 1. The lowest BCUT2D eigenvalue weighted by Crippen LogP contribution is -2.14. The number of methoxy groups -OCH3 is 1. The topological polar surface area (TPSA) is 69.9 Å². The van der Waals surface area contributed by atoms with Gasteiger partial charge in [0.1, 0.15) is 5.75 Å². The summed E-state index contributed by atoms with van der Waals surface area (Å²) in [7, 11) is 1.60. The van der Waals surface area contributed by atoms with Gasteiger partial charge < -0.3 is 4.74 Å². The Morgan fingerprint density at radius 2 is 1.88 bits per heavy atom. The maximum atomic E-state index is 12.6. The van der Waals surface area contributed by atoms with Gasteiger partial charge in [-0.15, -0.1) is 5.10 Å². The molecule has 0 unspecified atom stereocenters. The molecule has 6 nitrogen and oxygen atoms in total. The van der Waals surface area contributed by atoms with Crippen molar-refractivity contribution in [3.63, 3.8) is 0 Å². The number of thioether (sulfide) groups is 1. The Kier molecular flexibility index (Phi) is 5.14. The second-order valence-electron chi connectivity index (χ2n) is 5.51. The standard InChI is InChI=1S/C18H18N4O2S/c1-12-6-4-5-7-16(12)22-18(19-20-21-22)25-13(2)17(23)14-8-10-15(24-3)11-9-14/h4-11,13H,1-3H3/t13-/m1/s1. The van der Waals surface area contributed by atoms with Crippen LogP contribution in [0.1, 0.15) is 22.8 Å². The first-order chi connectivity index (χ1) is 12.1. The summed E-state index contributed by atoms with van der Waals surface area (Å²) in [5.41, 5.74) is 2.60. The van der Waals surface area contributed by atoms with Gasteiger partial charge in [-0.2, -0.15) is 4.68 Å². The number of hydrogen-bond acceptors (Lipinski definition) is 6. The van der Waals surface area contributed by atoms with Crippen molar-refractivity contribution >= 4 is 17.5 Å². The Balaban J connectivity index is 1.79. The quantitative estimate of drug-likeness (QED) is 0.499. The van der Waals surface area contributed by atoms with Crippen molar-refractivity contribution < 1.29 is 9.53 Å². The molecule has 0 amide bonds. The molecule has 1 atom stereocenters. The number of ether oxygens (including phenoxy) is 1. The minimum atomic E-state index is -0.317. The largest absolute Gasteiger partial charge is 0.497 e. The Morgan fingerprint density at radius 1 is 1.16 bits per heavy atom. The highest BCUT2D eigenvalue weighted by Crippen LogP contribution is 2.26. The molecule has 7 heteroatoms. The van der Waals surface area contributed by atoms with Crippen molar-refractivity contribution in [3.8, 4) is 11.4 Å². The summed E-state index contributed by atoms with van der Waals surface area (Å²) in [4.78, 5) is 12.6. The van der Waals surface area contributed by atoms with Gasteiger partial charge in [0.25, 0.3) is 0 Å². The van der Waals surface area contributed by atoms with Gasteiger partial charge in [-0.1, -0.05) is 30.0 Å². The summed E-state index contributed by atoms with van der Waals surface area (Å²) in [5, 5.41) is 12.2. The Labute approximate surface area is 150 Å². The minimum Gasteiger partial charge on any atom is -0.497 e. The number of para-hydroxylation sites is 1. The maximum absolute atomic E-state index is 12.6. The van der Waals surface area contributed by atoms with Crippen molar-refractivity contribution in [1.29, 1.82) is 0 Å². The van der Waals surface area contributed by atoms with Crippen LogP contribution in [0.3, 0.4) is 0 Å². The lowest BCUT2D eigenvalue weighted by molar-refractivity contribution is 0.0994. The predicted molar refractivity (Wildman–Crippen MR) is 96.5 cm³/mol. The maximum Gasteiger partial charge on any atom is 0.214 e. The normalized spacial score (nSPS) is 12.0. The number of nitrogens with zero attached hydrogens (tertiary/aromatic N) is 4. The van der Waals surface area contributed by atoms with E-state index in [9.17, 15) is 4.79 Å². The first-order valence-corrected chi connectivity index (χ1v) is 8.67. The van der Waals surface area contributed by atoms with Crippen LogP contribution in [0.4, 0.5) is 0 Å². The molecule has 128 valence electrons. The second kappa shape index (κ2) is 7.48. The molecule has 0 aliphatic carbocycles. The van der Waals surface area contributed by atoms with E-state index in [0.29, 0.717) is 10.7 Å². The van der Waals surface area contributed by atoms with E-state index in [1.807, 2.05) is 38.1 Å². The van der Waals surface area contributed by atoms with E-state index in [-0.39, 0.29) is 11.0 Å². The van der Waals surface area contributed by atoms with Gasteiger partial charge in [-0.05, 0) is 60.2 Å². The third-order valence-electron chi connectivity index (χ3n) is 3.81. The summed E-state index contributed by atoms with van der Waals surface area (Å²) in [6, 6.07) is 14.9. The number of rotatable bonds is 6. The minimum absolute atomic E-state index is 0.0204. The number of ketones is 1. The fraction of sp³-hybridized carbons (Fsp3) is 0.222. The van der Waals surface area contributed by atoms with Crippen molar-refractivity contribution in [2.45, 2.75) is 24.3 Å². The predicted octanol–water partition coefficient (Wildman–Crippen LogP) is 3.34. The third kappa shape index (κ3) is 3.71. The molecular weight excluding hydrogens is 336 g/mol. The van der Waals surface area contributed by atoms with Crippen LogP contribution in [-0.2, 0) is 0 Å². The smallest absolute Gasteiger partial charge is 0.214 e. The number of aryl methyl sites for hydroxylation is 1. The third-order valence-corrected chi connectivity index (χ3v) is 4.84. The summed E-state index contributed by atoms with van der Waals surface area (Å²) < 4.78 is 6.79. The van der Waals surface area contributed by atoms with Crippen LogP contribution in [0.15, 0.2) is 53.7 Å². The molecule has 0 aliphatic rings. The zero-order valence-corrected chi connectivity index (χ0v) is 15.0. The molecule has 3 aromatic rings. The molecule has 0 N–H and O–H groups in total. The van der Waals surface area contributed by atoms with Gasteiger partial charge in [0, 0.05) is 5.56 Å². The van der Waals surface area contributed by atoms with Crippen molar-refractivity contribution in [2.75, 3.05) is 7.11 Å². The first kappa shape index (κ1) is 17.2. The first-order valence-electron chi connectivity index (χ1n) is 7.79. The molecule has 0 saturated heterocycles. The van der Waals surface area contributed by atoms with E-state index in [0.717, 1.165) is 17.0 Å². The van der Waals surface area contributed by atoms with Gasteiger partial charge in [-0.3, -0.25) is 4.79 Å². The highest BCUT2D eigenvalue weighted by Gasteiger charge is 2.21. The molecule has 0 spiro atoms. The van der Waals surface area contributed by atoms with Crippen LogP contribution in [0.25, 0.3) is 5.69 Å². The summed E-state index contributed by atoms with van der Waals surface area (Å²) in [6.07, 6.45) is 0. The van der Waals surface area contributed by atoms with E-state index in [1.54, 1.807) is 36.1 Å². The number of hydrogen-bond donors (Lipinski definition) is 0. The highest BCUT2D eigenvalue weighted by molar-refractivity contribution is 8.00. The summed E-state index contributed by atoms with van der Waals surface area (Å²) >= 11 is 1.34. The van der Waals surface area contributed by atoms with Crippen LogP contribution in [-0.4, -0.2) is 38.4 Å². The van der Waals surface area contributed by atoms with Crippen LogP contribution >= 0.6 is 11.8 Å². The van der Waals surface area contributed by atoms with E-state index in [1.165, 1.54) is 11.8 Å². The molecule has 0 fully saturated rings. The van der Waals surface area contributed by atoms with E-state index in [4.69, 9.17) is 4.74 Å².